The molecular formula is C26H30N6O5S. The van der Waals surface area contributed by atoms with Gasteiger partial charge >= 0.3 is 0 Å². The van der Waals surface area contributed by atoms with Crippen molar-refractivity contribution >= 4 is 38.6 Å². The van der Waals surface area contributed by atoms with Gasteiger partial charge < -0.3 is 26.5 Å². The molecule has 1 atom stereocenters. The van der Waals surface area contributed by atoms with Gasteiger partial charge in [0.2, 0.25) is 27.8 Å². The van der Waals surface area contributed by atoms with Gasteiger partial charge in [-0.1, -0.05) is 48.5 Å². The Bertz CT molecular complexity index is 1440. The number of fused-ring (bicyclic) bond motifs is 1. The second-order valence-corrected chi connectivity index (χ2v) is 10.6. The summed E-state index contributed by atoms with van der Waals surface area (Å²) in [5, 5.41) is 8.15. The number of nitrogens with one attached hydrogen (secondary N) is 2. The van der Waals surface area contributed by atoms with Crippen LogP contribution in [0.3, 0.4) is 0 Å². The second kappa shape index (κ2) is 11.9. The van der Waals surface area contributed by atoms with Gasteiger partial charge in [0, 0.05) is 6.54 Å². The van der Waals surface area contributed by atoms with Gasteiger partial charge in [0.1, 0.15) is 12.6 Å². The van der Waals surface area contributed by atoms with Crippen LogP contribution in [0.2, 0.25) is 0 Å². The molecule has 38 heavy (non-hydrogen) atoms. The lowest BCUT2D eigenvalue weighted by Gasteiger charge is -2.32. The predicted molar refractivity (Wildman–Crippen MR) is 144 cm³/mol. The number of nitrogens with two attached hydrogens (primary N) is 2. The fourth-order valence-corrected chi connectivity index (χ4v) is 5.47. The number of rotatable bonds is 10. The van der Waals surface area contributed by atoms with Gasteiger partial charge in [-0.05, 0) is 58.1 Å². The summed E-state index contributed by atoms with van der Waals surface area (Å²) >= 11 is 0. The van der Waals surface area contributed by atoms with Gasteiger partial charge in [-0.25, -0.2) is 8.42 Å². The fraction of sp³-hybridized carbons (Fsp3) is 0.269. The molecular weight excluding hydrogens is 508 g/mol. The molecule has 0 aliphatic carbocycles. The highest BCUT2D eigenvalue weighted by molar-refractivity contribution is 7.89. The van der Waals surface area contributed by atoms with E-state index in [4.69, 9.17) is 16.3 Å². The van der Waals surface area contributed by atoms with Crippen molar-refractivity contribution in [2.45, 2.75) is 23.8 Å². The quantitative estimate of drug-likeness (QED) is 0.130. The zero-order valence-electron chi connectivity index (χ0n) is 20.7. The van der Waals surface area contributed by atoms with E-state index in [1.807, 2.05) is 36.4 Å². The topological polar surface area (TPSA) is 169 Å². The summed E-state index contributed by atoms with van der Waals surface area (Å²) in [6.45, 7) is 0.359. The van der Waals surface area contributed by atoms with Crippen LogP contribution in [0.1, 0.15) is 12.8 Å². The molecule has 200 valence electrons. The monoisotopic (exact) mass is 538 g/mol. The van der Waals surface area contributed by atoms with Crippen molar-refractivity contribution in [2.24, 2.45) is 16.6 Å². The average molecular weight is 539 g/mol. The minimum atomic E-state index is -3.95. The maximum absolute atomic E-state index is 13.0. The van der Waals surface area contributed by atoms with Crippen LogP contribution in [0.4, 0.5) is 0 Å². The molecule has 1 fully saturated rings. The van der Waals surface area contributed by atoms with Crippen LogP contribution in [0.25, 0.3) is 21.9 Å². The third-order valence-corrected chi connectivity index (χ3v) is 7.58. The summed E-state index contributed by atoms with van der Waals surface area (Å²) in [6, 6.07) is 19.7. The summed E-state index contributed by atoms with van der Waals surface area (Å²) in [4.78, 5) is 31.3. The van der Waals surface area contributed by atoms with Crippen molar-refractivity contribution in [3.8, 4) is 11.1 Å². The van der Waals surface area contributed by atoms with E-state index >= 15 is 0 Å². The van der Waals surface area contributed by atoms with Gasteiger partial charge in [-0.15, -0.1) is 0 Å². The van der Waals surface area contributed by atoms with Crippen LogP contribution >= 0.6 is 0 Å². The molecule has 0 saturated carbocycles. The van der Waals surface area contributed by atoms with Crippen molar-refractivity contribution in [3.05, 3.63) is 66.7 Å². The fourth-order valence-electron chi connectivity index (χ4n) is 4.24. The lowest BCUT2D eigenvalue weighted by atomic mass is 10.0. The summed E-state index contributed by atoms with van der Waals surface area (Å²) in [6.07, 6.45) is 0.901. The molecule has 3 aromatic carbocycles. The van der Waals surface area contributed by atoms with Crippen LogP contribution < -0.4 is 21.5 Å². The molecule has 0 radical (unpaired) electrons. The first-order valence-electron chi connectivity index (χ1n) is 12.1. The van der Waals surface area contributed by atoms with Crippen molar-refractivity contribution in [3.63, 3.8) is 0 Å². The molecule has 0 spiro atoms. The third-order valence-electron chi connectivity index (χ3n) is 6.10. The molecule has 12 heteroatoms. The largest absolute Gasteiger partial charge is 0.391 e. The lowest BCUT2D eigenvalue weighted by molar-refractivity contribution is -0.139. The maximum Gasteiger partial charge on any atom is 0.241 e. The highest BCUT2D eigenvalue weighted by atomic mass is 32.2. The summed E-state index contributed by atoms with van der Waals surface area (Å²) < 4.78 is 28.6. The Labute approximate surface area is 220 Å². The van der Waals surface area contributed by atoms with E-state index in [0.29, 0.717) is 19.4 Å². The summed E-state index contributed by atoms with van der Waals surface area (Å²) in [7, 11) is -3.95. The van der Waals surface area contributed by atoms with Crippen molar-refractivity contribution < 1.29 is 22.8 Å². The first-order chi connectivity index (χ1) is 18.2. The number of hydrogen-bond donors (Lipinski definition) is 4. The zero-order chi connectivity index (χ0) is 27.1. The maximum atomic E-state index is 13.0. The standard InChI is InChI=1S/C26H30N6O5S/c27-26(28)30-37-15-13-29-24(33)17-32-14-3-6-23(25(32)34)31-38(35,36)22-11-9-19(10-12-22)21-8-7-18-4-1-2-5-20(18)16-21/h1-2,4-5,7-12,16,23,31H,3,6,13-15,17H2,(H,29,33)(H4,27,28,30)/t23-/m0/s1. The van der Waals surface area contributed by atoms with Crippen LogP contribution in [0.15, 0.2) is 76.8 Å². The number of sulfonamides is 1. The first-order valence-corrected chi connectivity index (χ1v) is 13.6. The highest BCUT2D eigenvalue weighted by Gasteiger charge is 2.33. The van der Waals surface area contributed by atoms with Crippen molar-refractivity contribution in [1.29, 1.82) is 0 Å². The molecule has 4 rings (SSSR count). The van der Waals surface area contributed by atoms with E-state index in [2.05, 4.69) is 21.3 Å². The molecule has 3 aromatic rings. The van der Waals surface area contributed by atoms with Gasteiger partial charge in [0.05, 0.1) is 18.0 Å². The van der Waals surface area contributed by atoms with E-state index in [1.165, 1.54) is 17.0 Å². The smallest absolute Gasteiger partial charge is 0.241 e. The molecule has 11 nitrogen and oxygen atoms in total. The molecule has 2 amide bonds. The van der Waals surface area contributed by atoms with Crippen molar-refractivity contribution in [1.82, 2.24) is 14.9 Å². The molecule has 0 unspecified atom stereocenters. The Morgan fingerprint density at radius 3 is 2.47 bits per heavy atom. The number of carbonyl (C=O) groups excluding carboxylic acids is 2. The third kappa shape index (κ3) is 6.78. The molecule has 0 aromatic heterocycles. The minimum absolute atomic E-state index is 0.0552. The van der Waals surface area contributed by atoms with E-state index in [-0.39, 0.29) is 30.6 Å². The number of likely N-dealkylation sites (tertiary alicyclic amines) is 1. The number of hydrogen-bond acceptors (Lipinski definition) is 6. The Morgan fingerprint density at radius 1 is 1.03 bits per heavy atom. The molecule has 6 N–H and O–H groups in total. The Morgan fingerprint density at radius 2 is 1.74 bits per heavy atom. The number of carbonyl (C=O) groups is 2. The number of benzene rings is 3. The Kier molecular flexibility index (Phi) is 8.44. The van der Waals surface area contributed by atoms with Crippen LogP contribution in [-0.4, -0.2) is 63.4 Å². The number of guanidine groups is 1. The van der Waals surface area contributed by atoms with Gasteiger partial charge in [0.15, 0.2) is 0 Å². The number of piperidine rings is 1. The summed E-state index contributed by atoms with van der Waals surface area (Å²) in [5.74, 6) is -1.08. The van der Waals surface area contributed by atoms with E-state index in [9.17, 15) is 18.0 Å². The lowest BCUT2D eigenvalue weighted by Crippen LogP contribution is -2.54. The summed E-state index contributed by atoms with van der Waals surface area (Å²) in [5.41, 5.74) is 12.1. The molecule has 1 saturated heterocycles. The molecule has 1 aliphatic rings. The van der Waals surface area contributed by atoms with Gasteiger partial charge in [0.25, 0.3) is 0 Å². The van der Waals surface area contributed by atoms with Crippen LogP contribution in [0, 0.1) is 0 Å². The molecule has 1 heterocycles. The van der Waals surface area contributed by atoms with Crippen LogP contribution in [0.5, 0.6) is 0 Å². The van der Waals surface area contributed by atoms with Crippen molar-refractivity contribution in [2.75, 3.05) is 26.2 Å². The number of amides is 2. The van der Waals surface area contributed by atoms with E-state index < -0.39 is 27.9 Å². The van der Waals surface area contributed by atoms with E-state index in [0.717, 1.165) is 21.9 Å². The minimum Gasteiger partial charge on any atom is -0.391 e. The Balaban J connectivity index is 1.35. The first kappa shape index (κ1) is 26.9. The highest BCUT2D eigenvalue weighted by Crippen LogP contribution is 2.26. The van der Waals surface area contributed by atoms with Crippen LogP contribution in [-0.2, 0) is 24.4 Å². The average Bonchev–Trinajstić information content (AvgIpc) is 2.90. The molecule has 1 aliphatic heterocycles. The van der Waals surface area contributed by atoms with E-state index in [1.54, 1.807) is 12.1 Å². The predicted octanol–water partition coefficient (Wildman–Crippen LogP) is 1.10. The molecule has 0 bridgehead atoms. The Hall–Kier alpha value is -4.16. The number of oxime groups is 1. The second-order valence-electron chi connectivity index (χ2n) is 8.86. The SMILES string of the molecule is NC(N)=NOCCNC(=O)CN1CCC[C@H](NS(=O)(=O)c2ccc(-c3ccc4ccccc4c3)cc2)C1=O. The normalized spacial score (nSPS) is 15.7. The zero-order valence-corrected chi connectivity index (χ0v) is 21.5. The number of nitrogens with zero attached hydrogens (tertiary/aromatic N) is 2. The van der Waals surface area contributed by atoms with Gasteiger partial charge in [-0.3, -0.25) is 9.59 Å². The van der Waals surface area contributed by atoms with Gasteiger partial charge in [-0.2, -0.15) is 4.72 Å².